The largest absolute Gasteiger partial charge is 0.397 e. The van der Waals surface area contributed by atoms with Crippen molar-refractivity contribution in [2.24, 2.45) is 0 Å². The van der Waals surface area contributed by atoms with E-state index in [9.17, 15) is 4.39 Å². The van der Waals surface area contributed by atoms with E-state index in [1.165, 1.54) is 12.1 Å². The Labute approximate surface area is 81.2 Å². The van der Waals surface area contributed by atoms with Gasteiger partial charge >= 0.3 is 0 Å². The van der Waals surface area contributed by atoms with Gasteiger partial charge in [0.05, 0.1) is 17.9 Å². The Morgan fingerprint density at radius 2 is 2.31 bits per heavy atom. The normalized spacial score (nSPS) is 9.69. The zero-order valence-corrected chi connectivity index (χ0v) is 7.74. The highest BCUT2D eigenvalue weighted by Gasteiger charge is 1.99. The Balaban J connectivity index is 2.72. The van der Waals surface area contributed by atoms with Crippen molar-refractivity contribution in [3.05, 3.63) is 35.6 Å². The molecule has 4 heteroatoms. The number of halogens is 2. The van der Waals surface area contributed by atoms with Crippen LogP contribution < -0.4 is 11.1 Å². The van der Waals surface area contributed by atoms with Crippen LogP contribution in [0.15, 0.2) is 29.8 Å². The summed E-state index contributed by atoms with van der Waals surface area (Å²) in [4.78, 5) is 0. The number of nitrogens with one attached hydrogen (secondary N) is 1. The van der Waals surface area contributed by atoms with Crippen LogP contribution in [0.2, 0.25) is 0 Å². The molecule has 0 saturated heterocycles. The van der Waals surface area contributed by atoms with Gasteiger partial charge < -0.3 is 11.1 Å². The van der Waals surface area contributed by atoms with Crippen LogP contribution in [-0.2, 0) is 0 Å². The van der Waals surface area contributed by atoms with Crippen LogP contribution in [0.4, 0.5) is 15.8 Å². The van der Waals surface area contributed by atoms with Gasteiger partial charge in [-0.25, -0.2) is 4.39 Å². The summed E-state index contributed by atoms with van der Waals surface area (Å²) in [6.07, 6.45) is 0. The molecule has 1 aromatic rings. The Kier molecular flexibility index (Phi) is 3.14. The van der Waals surface area contributed by atoms with Gasteiger partial charge in [-0.05, 0) is 18.2 Å². The van der Waals surface area contributed by atoms with E-state index in [-0.39, 0.29) is 5.82 Å². The molecule has 2 nitrogen and oxygen atoms in total. The first-order valence-electron chi connectivity index (χ1n) is 3.72. The lowest BCUT2D eigenvalue weighted by atomic mass is 10.2. The number of nitrogens with two attached hydrogens (primary N) is 1. The summed E-state index contributed by atoms with van der Waals surface area (Å²) in [6, 6.07) is 4.14. The number of nitrogen functional groups attached to an aromatic ring is 1. The van der Waals surface area contributed by atoms with Gasteiger partial charge in [-0.2, -0.15) is 0 Å². The average Bonchev–Trinajstić information content (AvgIpc) is 2.02. The van der Waals surface area contributed by atoms with Gasteiger partial charge in [-0.15, -0.1) is 0 Å². The van der Waals surface area contributed by atoms with Gasteiger partial charge in [-0.1, -0.05) is 18.2 Å². The van der Waals surface area contributed by atoms with Crippen molar-refractivity contribution in [1.82, 2.24) is 0 Å². The Morgan fingerprint density at radius 1 is 1.62 bits per heavy atom. The maximum Gasteiger partial charge on any atom is 0.125 e. The lowest BCUT2D eigenvalue weighted by molar-refractivity contribution is 0.628. The maximum absolute atomic E-state index is 12.6. The summed E-state index contributed by atoms with van der Waals surface area (Å²) < 4.78 is 12.6. The number of rotatable bonds is 3. The van der Waals surface area contributed by atoms with Gasteiger partial charge in [0.1, 0.15) is 5.82 Å². The molecule has 13 heavy (non-hydrogen) atoms. The third kappa shape index (κ3) is 2.95. The van der Waals surface area contributed by atoms with Crippen molar-refractivity contribution in [3.63, 3.8) is 0 Å². The topological polar surface area (TPSA) is 38.0 Å². The van der Waals surface area contributed by atoms with Crippen molar-refractivity contribution in [3.8, 4) is 0 Å². The molecular formula is C9H10ClFN2. The molecule has 0 heterocycles. The van der Waals surface area contributed by atoms with Crippen LogP contribution in [0.25, 0.3) is 0 Å². The number of hydrogen-bond acceptors (Lipinski definition) is 2. The lowest BCUT2D eigenvalue weighted by Crippen LogP contribution is -2.03. The number of hydrogen-bond donors (Lipinski definition) is 2. The van der Waals surface area contributed by atoms with E-state index in [4.69, 9.17) is 17.3 Å². The van der Waals surface area contributed by atoms with Crippen LogP contribution in [-0.4, -0.2) is 6.54 Å². The van der Waals surface area contributed by atoms with Crippen molar-refractivity contribution in [2.75, 3.05) is 17.6 Å². The Morgan fingerprint density at radius 3 is 2.85 bits per heavy atom. The quantitative estimate of drug-likeness (QED) is 0.736. The predicted octanol–water partition coefficient (Wildman–Crippen LogP) is 2.57. The number of benzene rings is 1. The van der Waals surface area contributed by atoms with Crippen LogP contribution in [0.3, 0.4) is 0 Å². The summed E-state index contributed by atoms with van der Waals surface area (Å²) in [5.74, 6) is -0.354. The Bertz CT molecular complexity index is 325. The van der Waals surface area contributed by atoms with Gasteiger partial charge in [-0.3, -0.25) is 0 Å². The van der Waals surface area contributed by atoms with E-state index < -0.39 is 0 Å². The van der Waals surface area contributed by atoms with Gasteiger partial charge in [0.25, 0.3) is 0 Å². The van der Waals surface area contributed by atoms with E-state index in [0.29, 0.717) is 23.0 Å². The zero-order chi connectivity index (χ0) is 9.84. The van der Waals surface area contributed by atoms with Gasteiger partial charge in [0.2, 0.25) is 0 Å². The highest BCUT2D eigenvalue weighted by atomic mass is 35.5. The van der Waals surface area contributed by atoms with E-state index >= 15 is 0 Å². The van der Waals surface area contributed by atoms with E-state index in [1.54, 1.807) is 6.07 Å². The minimum absolute atomic E-state index is 0.354. The molecule has 0 aliphatic heterocycles. The van der Waals surface area contributed by atoms with Crippen molar-refractivity contribution < 1.29 is 4.39 Å². The molecule has 3 N–H and O–H groups in total. The fourth-order valence-electron chi connectivity index (χ4n) is 0.886. The molecular weight excluding hydrogens is 191 g/mol. The highest BCUT2D eigenvalue weighted by molar-refractivity contribution is 6.29. The van der Waals surface area contributed by atoms with Crippen LogP contribution in [0.1, 0.15) is 0 Å². The smallest absolute Gasteiger partial charge is 0.125 e. The van der Waals surface area contributed by atoms with E-state index in [1.807, 2.05) is 0 Å². The second kappa shape index (κ2) is 4.14. The molecule has 1 rings (SSSR count). The molecule has 0 aliphatic rings. The zero-order valence-electron chi connectivity index (χ0n) is 6.98. The predicted molar refractivity (Wildman–Crippen MR) is 54.3 cm³/mol. The van der Waals surface area contributed by atoms with Crippen molar-refractivity contribution in [1.29, 1.82) is 0 Å². The summed E-state index contributed by atoms with van der Waals surface area (Å²) >= 11 is 5.54. The van der Waals surface area contributed by atoms with Crippen LogP contribution in [0, 0.1) is 5.82 Å². The molecule has 0 aliphatic carbocycles. The standard InChI is InChI=1S/C9H10ClFN2/c1-6(10)5-13-9-3-2-7(11)4-8(9)12/h2-4,13H,1,5,12H2. The second-order valence-corrected chi connectivity index (χ2v) is 3.14. The SMILES string of the molecule is C=C(Cl)CNc1ccc(F)cc1N. The maximum atomic E-state index is 12.6. The molecule has 0 atom stereocenters. The fraction of sp³-hybridized carbons (Fsp3) is 0.111. The highest BCUT2D eigenvalue weighted by Crippen LogP contribution is 2.19. The van der Waals surface area contributed by atoms with E-state index in [0.717, 1.165) is 0 Å². The molecule has 1 aromatic carbocycles. The summed E-state index contributed by atoms with van der Waals surface area (Å²) in [7, 11) is 0. The summed E-state index contributed by atoms with van der Waals surface area (Å²) in [6.45, 7) is 3.92. The molecule has 0 spiro atoms. The minimum atomic E-state index is -0.354. The summed E-state index contributed by atoms with van der Waals surface area (Å²) in [5, 5.41) is 3.39. The molecule has 0 unspecified atom stereocenters. The molecule has 0 saturated carbocycles. The van der Waals surface area contributed by atoms with Crippen LogP contribution in [0.5, 0.6) is 0 Å². The van der Waals surface area contributed by atoms with Crippen LogP contribution >= 0.6 is 11.6 Å². The third-order valence-corrected chi connectivity index (χ3v) is 1.62. The molecule has 0 amide bonds. The van der Waals surface area contributed by atoms with Crippen molar-refractivity contribution in [2.45, 2.75) is 0 Å². The average molecular weight is 201 g/mol. The Hall–Kier alpha value is -1.22. The van der Waals surface area contributed by atoms with Gasteiger partial charge in [0, 0.05) is 5.03 Å². The third-order valence-electron chi connectivity index (χ3n) is 1.48. The first-order valence-corrected chi connectivity index (χ1v) is 4.09. The molecule has 0 radical (unpaired) electrons. The monoisotopic (exact) mass is 200 g/mol. The number of anilines is 2. The molecule has 0 aromatic heterocycles. The summed E-state index contributed by atoms with van der Waals surface area (Å²) in [5.41, 5.74) is 6.55. The second-order valence-electron chi connectivity index (χ2n) is 2.60. The molecule has 0 bridgehead atoms. The first-order chi connectivity index (χ1) is 6.09. The first kappa shape index (κ1) is 9.86. The molecule has 70 valence electrons. The fourth-order valence-corrected chi connectivity index (χ4v) is 0.953. The lowest BCUT2D eigenvalue weighted by Gasteiger charge is -2.07. The minimum Gasteiger partial charge on any atom is -0.397 e. The van der Waals surface area contributed by atoms with E-state index in [2.05, 4.69) is 11.9 Å². The van der Waals surface area contributed by atoms with Gasteiger partial charge in [0.15, 0.2) is 0 Å². The van der Waals surface area contributed by atoms with Crippen molar-refractivity contribution >= 4 is 23.0 Å². The molecule has 0 fully saturated rings.